The quantitative estimate of drug-likeness (QED) is 0.579. The minimum Gasteiger partial charge on any atom is -0.267 e. The zero-order valence-corrected chi connectivity index (χ0v) is 11.1. The molecule has 0 atom stereocenters. The molecule has 1 N–H and O–H groups in total. The fraction of sp³-hybridized carbons (Fsp3) is 0. The molecule has 0 aliphatic rings. The monoisotopic (exact) mass is 273 g/mol. The molecule has 0 saturated heterocycles. The number of hydrogen-bond donors (Lipinski definition) is 1. The Bertz CT molecular complexity index is 1020. The van der Waals surface area contributed by atoms with Gasteiger partial charge in [0.05, 0.1) is 16.6 Å². The Morgan fingerprint density at radius 1 is 0.810 bits per heavy atom. The van der Waals surface area contributed by atoms with Crippen LogP contribution in [0.5, 0.6) is 0 Å². The Hall–Kier alpha value is -3.01. The number of aromatic amines is 1. The maximum atomic E-state index is 11.9. The van der Waals surface area contributed by atoms with Crippen molar-refractivity contribution < 1.29 is 0 Å². The van der Waals surface area contributed by atoms with E-state index in [1.54, 1.807) is 6.20 Å². The summed E-state index contributed by atoms with van der Waals surface area (Å²) >= 11 is 0. The molecule has 0 amide bonds. The van der Waals surface area contributed by atoms with Crippen LogP contribution in [0.2, 0.25) is 0 Å². The number of H-pyrrole nitrogens is 1. The second-order valence-electron chi connectivity index (χ2n) is 4.82. The van der Waals surface area contributed by atoms with Crippen LogP contribution in [0.15, 0.2) is 65.6 Å². The van der Waals surface area contributed by atoms with E-state index in [0.29, 0.717) is 5.39 Å². The molecule has 2 aromatic heterocycles. The summed E-state index contributed by atoms with van der Waals surface area (Å²) in [5.74, 6) is 0. The second-order valence-corrected chi connectivity index (χ2v) is 4.82. The average molecular weight is 273 g/mol. The first-order chi connectivity index (χ1) is 10.3. The van der Waals surface area contributed by atoms with E-state index in [4.69, 9.17) is 0 Å². The standard InChI is InChI=1S/C17H11N3O/c21-17-14-6-2-1-5-13(14)16(19-20-17)12-7-3-9-15-11(12)8-4-10-18-15/h1-10H,(H,20,21). The smallest absolute Gasteiger partial charge is 0.267 e. The van der Waals surface area contributed by atoms with Crippen molar-refractivity contribution in [2.75, 3.05) is 0 Å². The van der Waals surface area contributed by atoms with Gasteiger partial charge in [0.15, 0.2) is 0 Å². The van der Waals surface area contributed by atoms with Crippen molar-refractivity contribution in [3.8, 4) is 11.3 Å². The van der Waals surface area contributed by atoms with Gasteiger partial charge in [0, 0.05) is 22.5 Å². The highest BCUT2D eigenvalue weighted by atomic mass is 16.1. The van der Waals surface area contributed by atoms with Gasteiger partial charge in [0.1, 0.15) is 0 Å². The molecule has 2 heterocycles. The lowest BCUT2D eigenvalue weighted by Crippen LogP contribution is -2.09. The van der Waals surface area contributed by atoms with Crippen LogP contribution in [0.1, 0.15) is 0 Å². The summed E-state index contributed by atoms with van der Waals surface area (Å²) in [4.78, 5) is 16.3. The van der Waals surface area contributed by atoms with Crippen LogP contribution in [0.4, 0.5) is 0 Å². The highest BCUT2D eigenvalue weighted by Gasteiger charge is 2.11. The lowest BCUT2D eigenvalue weighted by atomic mass is 10.0. The molecule has 4 aromatic rings. The second kappa shape index (κ2) is 4.52. The summed E-state index contributed by atoms with van der Waals surface area (Å²) < 4.78 is 0. The van der Waals surface area contributed by atoms with Gasteiger partial charge in [-0.3, -0.25) is 9.78 Å². The van der Waals surface area contributed by atoms with E-state index in [1.807, 2.05) is 54.6 Å². The molecule has 0 bridgehead atoms. The topological polar surface area (TPSA) is 58.6 Å². The van der Waals surface area contributed by atoms with Crippen molar-refractivity contribution in [2.45, 2.75) is 0 Å². The van der Waals surface area contributed by atoms with Gasteiger partial charge in [-0.2, -0.15) is 5.10 Å². The van der Waals surface area contributed by atoms with E-state index < -0.39 is 0 Å². The third kappa shape index (κ3) is 1.80. The van der Waals surface area contributed by atoms with Crippen molar-refractivity contribution in [3.05, 3.63) is 71.1 Å². The average Bonchev–Trinajstić information content (AvgIpc) is 2.55. The van der Waals surface area contributed by atoms with Gasteiger partial charge in [-0.25, -0.2) is 5.10 Å². The van der Waals surface area contributed by atoms with E-state index in [2.05, 4.69) is 15.2 Å². The number of rotatable bonds is 1. The van der Waals surface area contributed by atoms with Crippen molar-refractivity contribution in [3.63, 3.8) is 0 Å². The Kier molecular flexibility index (Phi) is 2.54. The predicted molar refractivity (Wildman–Crippen MR) is 83.1 cm³/mol. The third-order valence-corrected chi connectivity index (χ3v) is 3.60. The van der Waals surface area contributed by atoms with Crippen LogP contribution in [0.3, 0.4) is 0 Å². The predicted octanol–water partition coefficient (Wildman–Crippen LogP) is 3.14. The Morgan fingerprint density at radius 3 is 2.52 bits per heavy atom. The number of fused-ring (bicyclic) bond motifs is 2. The van der Waals surface area contributed by atoms with Gasteiger partial charge in [-0.1, -0.05) is 36.4 Å². The fourth-order valence-corrected chi connectivity index (χ4v) is 2.63. The first-order valence-electron chi connectivity index (χ1n) is 6.66. The van der Waals surface area contributed by atoms with Gasteiger partial charge in [0.2, 0.25) is 0 Å². The van der Waals surface area contributed by atoms with Gasteiger partial charge >= 0.3 is 0 Å². The minimum atomic E-state index is -0.173. The number of pyridine rings is 1. The number of nitrogens with zero attached hydrogens (tertiary/aromatic N) is 2. The molecule has 4 rings (SSSR count). The van der Waals surface area contributed by atoms with Crippen LogP contribution < -0.4 is 5.56 Å². The Labute approximate surface area is 120 Å². The van der Waals surface area contributed by atoms with Crippen molar-refractivity contribution in [1.82, 2.24) is 15.2 Å². The van der Waals surface area contributed by atoms with Crippen LogP contribution in [-0.2, 0) is 0 Å². The summed E-state index contributed by atoms with van der Waals surface area (Å²) in [5.41, 5.74) is 2.47. The summed E-state index contributed by atoms with van der Waals surface area (Å²) in [5, 5.41) is 9.35. The molecule has 100 valence electrons. The molecule has 0 spiro atoms. The lowest BCUT2D eigenvalue weighted by molar-refractivity contribution is 1.02. The number of nitrogens with one attached hydrogen (secondary N) is 1. The van der Waals surface area contributed by atoms with E-state index in [9.17, 15) is 4.79 Å². The van der Waals surface area contributed by atoms with Gasteiger partial charge in [-0.05, 0) is 18.2 Å². The number of hydrogen-bond acceptors (Lipinski definition) is 3. The molecule has 4 heteroatoms. The molecule has 2 aromatic carbocycles. The molecule has 4 nitrogen and oxygen atoms in total. The highest BCUT2D eigenvalue weighted by molar-refractivity contribution is 6.02. The first-order valence-corrected chi connectivity index (χ1v) is 6.66. The number of aromatic nitrogens is 3. The molecule has 0 saturated carbocycles. The summed E-state index contributed by atoms with van der Waals surface area (Å²) in [6, 6.07) is 17.3. The number of benzene rings is 2. The van der Waals surface area contributed by atoms with E-state index in [0.717, 1.165) is 27.5 Å². The Balaban J connectivity index is 2.15. The molecular weight excluding hydrogens is 262 g/mol. The highest BCUT2D eigenvalue weighted by Crippen LogP contribution is 2.29. The van der Waals surface area contributed by atoms with Crippen LogP contribution in [-0.4, -0.2) is 15.2 Å². The maximum Gasteiger partial charge on any atom is 0.272 e. The van der Waals surface area contributed by atoms with Crippen LogP contribution in [0.25, 0.3) is 32.9 Å². The normalized spacial score (nSPS) is 11.0. The fourth-order valence-electron chi connectivity index (χ4n) is 2.63. The largest absolute Gasteiger partial charge is 0.272 e. The lowest BCUT2D eigenvalue weighted by Gasteiger charge is -2.07. The SMILES string of the molecule is O=c1[nH]nc(-c2cccc3ncccc23)c2ccccc12. The van der Waals surface area contributed by atoms with E-state index >= 15 is 0 Å². The van der Waals surface area contributed by atoms with E-state index in [-0.39, 0.29) is 5.56 Å². The molecule has 0 fully saturated rings. The van der Waals surface area contributed by atoms with Gasteiger partial charge < -0.3 is 0 Å². The minimum absolute atomic E-state index is 0.173. The first kappa shape index (κ1) is 11.8. The van der Waals surface area contributed by atoms with Crippen LogP contribution in [0, 0.1) is 0 Å². The maximum absolute atomic E-state index is 11.9. The third-order valence-electron chi connectivity index (χ3n) is 3.60. The molecule has 0 radical (unpaired) electrons. The zero-order valence-electron chi connectivity index (χ0n) is 11.1. The summed E-state index contributed by atoms with van der Waals surface area (Å²) in [6.07, 6.45) is 1.77. The Morgan fingerprint density at radius 2 is 1.62 bits per heavy atom. The van der Waals surface area contributed by atoms with Crippen molar-refractivity contribution in [1.29, 1.82) is 0 Å². The molecule has 0 aliphatic carbocycles. The van der Waals surface area contributed by atoms with Gasteiger partial charge in [-0.15, -0.1) is 0 Å². The zero-order chi connectivity index (χ0) is 14.2. The van der Waals surface area contributed by atoms with Crippen molar-refractivity contribution in [2.24, 2.45) is 0 Å². The molecule has 21 heavy (non-hydrogen) atoms. The summed E-state index contributed by atoms with van der Waals surface area (Å²) in [6.45, 7) is 0. The van der Waals surface area contributed by atoms with Crippen molar-refractivity contribution >= 4 is 21.7 Å². The molecule has 0 aliphatic heterocycles. The van der Waals surface area contributed by atoms with Crippen LogP contribution >= 0.6 is 0 Å². The molecular formula is C17H11N3O. The molecule has 0 unspecified atom stereocenters. The van der Waals surface area contributed by atoms with Gasteiger partial charge in [0.25, 0.3) is 5.56 Å². The summed E-state index contributed by atoms with van der Waals surface area (Å²) in [7, 11) is 0. The van der Waals surface area contributed by atoms with E-state index in [1.165, 1.54) is 0 Å².